The molecule has 0 aromatic heterocycles. The summed E-state index contributed by atoms with van der Waals surface area (Å²) in [6, 6.07) is 12.0. The quantitative estimate of drug-likeness (QED) is 0.514. The summed E-state index contributed by atoms with van der Waals surface area (Å²) in [7, 11) is 0. The van der Waals surface area contributed by atoms with Crippen LogP contribution in [0, 0.1) is 0 Å². The molecule has 9 nitrogen and oxygen atoms in total. The second-order valence-corrected chi connectivity index (χ2v) is 8.58. The zero-order valence-electron chi connectivity index (χ0n) is 19.0. The van der Waals surface area contributed by atoms with Crippen LogP contribution in [0.2, 0.25) is 0 Å². The van der Waals surface area contributed by atoms with E-state index in [1.54, 1.807) is 31.2 Å². The normalized spacial score (nSPS) is 20.6. The average molecular weight is 466 g/mol. The van der Waals surface area contributed by atoms with Gasteiger partial charge in [0.1, 0.15) is 0 Å². The summed E-state index contributed by atoms with van der Waals surface area (Å²) in [5, 5.41) is 3.54. The molecule has 0 radical (unpaired) electrons. The first kappa shape index (κ1) is 22.2. The van der Waals surface area contributed by atoms with E-state index in [4.69, 9.17) is 14.2 Å². The summed E-state index contributed by atoms with van der Waals surface area (Å²) in [6.45, 7) is 3.72. The van der Waals surface area contributed by atoms with Crippen molar-refractivity contribution in [3.05, 3.63) is 48.0 Å². The number of carbonyl (C=O) groups is 3. The van der Waals surface area contributed by atoms with Crippen molar-refractivity contribution in [2.24, 2.45) is 0 Å². The number of ether oxygens (including phenoxy) is 3. The zero-order valence-corrected chi connectivity index (χ0v) is 19.0. The number of benzene rings is 2. The van der Waals surface area contributed by atoms with E-state index >= 15 is 0 Å². The van der Waals surface area contributed by atoms with Crippen LogP contribution in [0.5, 0.6) is 11.5 Å². The number of hydrogen-bond donors (Lipinski definition) is 1. The molecule has 0 saturated carbocycles. The van der Waals surface area contributed by atoms with Crippen LogP contribution in [-0.4, -0.2) is 61.3 Å². The van der Waals surface area contributed by atoms with E-state index in [0.717, 1.165) is 43.1 Å². The highest BCUT2D eigenvalue weighted by Crippen LogP contribution is 2.35. The molecule has 9 heteroatoms. The van der Waals surface area contributed by atoms with Crippen molar-refractivity contribution in [1.82, 2.24) is 4.90 Å². The van der Waals surface area contributed by atoms with Crippen LogP contribution >= 0.6 is 0 Å². The molecule has 2 saturated heterocycles. The van der Waals surface area contributed by atoms with Gasteiger partial charge in [0.15, 0.2) is 11.5 Å². The van der Waals surface area contributed by atoms with Crippen molar-refractivity contribution in [2.75, 3.05) is 36.7 Å². The van der Waals surface area contributed by atoms with Gasteiger partial charge in [-0.3, -0.25) is 14.5 Å². The molecule has 2 aromatic rings. The van der Waals surface area contributed by atoms with Crippen LogP contribution < -0.4 is 19.7 Å². The number of rotatable bonds is 6. The van der Waals surface area contributed by atoms with Gasteiger partial charge in [0.05, 0.1) is 30.3 Å². The van der Waals surface area contributed by atoms with Gasteiger partial charge >= 0.3 is 5.97 Å². The van der Waals surface area contributed by atoms with Gasteiger partial charge in [-0.1, -0.05) is 0 Å². The smallest absolute Gasteiger partial charge is 0.338 e. The van der Waals surface area contributed by atoms with E-state index in [1.807, 2.05) is 18.2 Å². The third-order valence-corrected chi connectivity index (χ3v) is 6.47. The van der Waals surface area contributed by atoms with Gasteiger partial charge < -0.3 is 19.5 Å². The fourth-order valence-electron chi connectivity index (χ4n) is 4.71. The van der Waals surface area contributed by atoms with Gasteiger partial charge in [-0.05, 0) is 56.2 Å². The third-order valence-electron chi connectivity index (χ3n) is 6.47. The molecule has 2 aromatic carbocycles. The van der Waals surface area contributed by atoms with Crippen molar-refractivity contribution in [3.63, 3.8) is 0 Å². The summed E-state index contributed by atoms with van der Waals surface area (Å²) < 4.78 is 15.8. The van der Waals surface area contributed by atoms with Crippen molar-refractivity contribution >= 4 is 29.2 Å². The first-order chi connectivity index (χ1) is 16.5. The van der Waals surface area contributed by atoms with Gasteiger partial charge in [-0.25, -0.2) is 9.69 Å². The highest BCUT2D eigenvalue weighted by Gasteiger charge is 2.43. The molecule has 2 amide bonds. The number of nitrogens with zero attached hydrogens (tertiary/aromatic N) is 2. The molecular weight excluding hydrogens is 438 g/mol. The number of esters is 1. The Kier molecular flexibility index (Phi) is 6.10. The van der Waals surface area contributed by atoms with Crippen LogP contribution in [0.4, 0.5) is 11.4 Å². The van der Waals surface area contributed by atoms with E-state index < -0.39 is 12.0 Å². The van der Waals surface area contributed by atoms with E-state index in [2.05, 4.69) is 10.2 Å². The Hall–Kier alpha value is -3.59. The maximum Gasteiger partial charge on any atom is 0.338 e. The molecular formula is C25H27N3O6. The van der Waals surface area contributed by atoms with E-state index in [-0.39, 0.29) is 37.7 Å². The minimum absolute atomic E-state index is 0.165. The van der Waals surface area contributed by atoms with Gasteiger partial charge in [-0.2, -0.15) is 0 Å². The monoisotopic (exact) mass is 465 g/mol. The van der Waals surface area contributed by atoms with Crippen molar-refractivity contribution in [3.8, 4) is 11.5 Å². The van der Waals surface area contributed by atoms with Gasteiger partial charge in [0.2, 0.25) is 12.7 Å². The number of imide groups is 1. The second-order valence-electron chi connectivity index (χ2n) is 8.58. The molecule has 3 aliphatic rings. The first-order valence-electron chi connectivity index (χ1n) is 11.6. The number of hydrogen-bond acceptors (Lipinski definition) is 8. The molecule has 0 spiro atoms. The van der Waals surface area contributed by atoms with Crippen molar-refractivity contribution in [2.45, 2.75) is 38.3 Å². The molecule has 0 aliphatic carbocycles. The summed E-state index contributed by atoms with van der Waals surface area (Å²) in [4.78, 5) is 41.1. The first-order valence-corrected chi connectivity index (χ1v) is 11.6. The Labute approximate surface area is 197 Å². The Balaban J connectivity index is 1.18. The van der Waals surface area contributed by atoms with Crippen LogP contribution in [0.15, 0.2) is 42.5 Å². The average Bonchev–Trinajstić information content (AvgIpc) is 3.43. The molecule has 1 atom stereocenters. The van der Waals surface area contributed by atoms with Crippen molar-refractivity contribution in [1.29, 1.82) is 0 Å². The standard InChI is InChI=1S/C25H27N3O6/c1-2-32-25(31)16-3-6-19(7-4-16)28-23(29)14-20(24(28)30)27-11-9-17(10-12-27)26-18-5-8-21-22(13-18)34-15-33-21/h3-8,13,17,20,26H,2,9-12,14-15H2,1H3/t20-/m0/s1. The molecule has 3 heterocycles. The largest absolute Gasteiger partial charge is 0.462 e. The molecule has 1 N–H and O–H groups in total. The van der Waals surface area contributed by atoms with E-state index in [0.29, 0.717) is 11.3 Å². The number of anilines is 2. The number of amides is 2. The van der Waals surface area contributed by atoms with Crippen molar-refractivity contribution < 1.29 is 28.6 Å². The fraction of sp³-hybridized carbons (Fsp3) is 0.400. The lowest BCUT2D eigenvalue weighted by Gasteiger charge is -2.35. The van der Waals surface area contributed by atoms with Gasteiger partial charge in [0.25, 0.3) is 5.91 Å². The van der Waals surface area contributed by atoms with Crippen LogP contribution in [0.3, 0.4) is 0 Å². The highest BCUT2D eigenvalue weighted by atomic mass is 16.7. The van der Waals surface area contributed by atoms with E-state index in [9.17, 15) is 14.4 Å². The minimum atomic E-state index is -0.455. The van der Waals surface area contributed by atoms with Crippen LogP contribution in [0.1, 0.15) is 36.5 Å². The molecule has 0 unspecified atom stereocenters. The minimum Gasteiger partial charge on any atom is -0.462 e. The summed E-state index contributed by atoms with van der Waals surface area (Å²) in [5.74, 6) is 0.636. The number of likely N-dealkylation sites (tertiary alicyclic amines) is 1. The number of piperidine rings is 1. The molecule has 178 valence electrons. The zero-order chi connectivity index (χ0) is 23.7. The second kappa shape index (κ2) is 9.34. The molecule has 34 heavy (non-hydrogen) atoms. The number of fused-ring (bicyclic) bond motifs is 1. The topological polar surface area (TPSA) is 97.4 Å². The Morgan fingerprint density at radius 3 is 2.53 bits per heavy atom. The summed E-state index contributed by atoms with van der Waals surface area (Å²) in [6.07, 6.45) is 1.89. The van der Waals surface area contributed by atoms with Gasteiger partial charge in [-0.15, -0.1) is 0 Å². The number of carbonyl (C=O) groups excluding carboxylic acids is 3. The van der Waals surface area contributed by atoms with E-state index in [1.165, 1.54) is 4.90 Å². The maximum absolute atomic E-state index is 13.1. The Morgan fingerprint density at radius 1 is 1.06 bits per heavy atom. The Morgan fingerprint density at radius 2 is 1.79 bits per heavy atom. The third kappa shape index (κ3) is 4.31. The molecule has 2 fully saturated rings. The lowest BCUT2D eigenvalue weighted by atomic mass is 10.0. The maximum atomic E-state index is 13.1. The van der Waals surface area contributed by atoms with Gasteiger partial charge in [0, 0.05) is 30.9 Å². The lowest BCUT2D eigenvalue weighted by molar-refractivity contribution is -0.123. The molecule has 5 rings (SSSR count). The predicted octanol–water partition coefficient (Wildman–Crippen LogP) is 2.80. The lowest BCUT2D eigenvalue weighted by Crippen LogP contribution is -2.48. The SMILES string of the molecule is CCOC(=O)c1ccc(N2C(=O)C[C@H](N3CCC(Nc4ccc5c(c4)OCO5)CC3)C2=O)cc1. The fourth-order valence-corrected chi connectivity index (χ4v) is 4.71. The summed E-state index contributed by atoms with van der Waals surface area (Å²) >= 11 is 0. The van der Waals surface area contributed by atoms with Crippen LogP contribution in [-0.2, 0) is 14.3 Å². The highest BCUT2D eigenvalue weighted by molar-refractivity contribution is 6.22. The Bertz CT molecular complexity index is 1090. The molecule has 3 aliphatic heterocycles. The van der Waals surface area contributed by atoms with Crippen LogP contribution in [0.25, 0.3) is 0 Å². The number of nitrogens with one attached hydrogen (secondary N) is 1. The molecule has 0 bridgehead atoms. The summed E-state index contributed by atoms with van der Waals surface area (Å²) in [5.41, 5.74) is 1.84. The predicted molar refractivity (Wildman–Crippen MR) is 124 cm³/mol.